The highest BCUT2D eigenvalue weighted by Gasteiger charge is 2.15. The molecule has 2 N–H and O–H groups in total. The summed E-state index contributed by atoms with van der Waals surface area (Å²) in [5, 5.41) is 4.07. The molecule has 21 heavy (non-hydrogen) atoms. The van der Waals surface area contributed by atoms with Crippen LogP contribution in [-0.4, -0.2) is 5.71 Å². The predicted octanol–water partition coefficient (Wildman–Crippen LogP) is 4.36. The summed E-state index contributed by atoms with van der Waals surface area (Å²) in [6.07, 6.45) is 7.23. The van der Waals surface area contributed by atoms with Crippen molar-refractivity contribution in [1.29, 1.82) is 0 Å². The summed E-state index contributed by atoms with van der Waals surface area (Å²) in [4.78, 5) is 0. The largest absolute Gasteiger partial charge is 0.323 e. The van der Waals surface area contributed by atoms with E-state index >= 15 is 0 Å². The van der Waals surface area contributed by atoms with E-state index in [0.29, 0.717) is 0 Å². The first-order chi connectivity index (χ1) is 10.4. The van der Waals surface area contributed by atoms with E-state index in [4.69, 9.17) is 5.84 Å². The summed E-state index contributed by atoms with van der Waals surface area (Å²) >= 11 is 0. The van der Waals surface area contributed by atoms with Crippen molar-refractivity contribution in [3.8, 4) is 0 Å². The van der Waals surface area contributed by atoms with E-state index in [0.717, 1.165) is 23.3 Å². The molecule has 2 aromatic carbocycles. The van der Waals surface area contributed by atoms with E-state index in [1.807, 2.05) is 18.2 Å². The first-order valence-electron chi connectivity index (χ1n) is 7.52. The van der Waals surface area contributed by atoms with E-state index in [-0.39, 0.29) is 0 Å². The van der Waals surface area contributed by atoms with Crippen LogP contribution in [-0.2, 0) is 0 Å². The van der Waals surface area contributed by atoms with Crippen LogP contribution < -0.4 is 5.84 Å². The zero-order valence-corrected chi connectivity index (χ0v) is 12.1. The van der Waals surface area contributed by atoms with Crippen LogP contribution in [0.4, 0.5) is 0 Å². The molecular weight excluding hydrogens is 256 g/mol. The molecule has 0 unspecified atom stereocenters. The van der Waals surface area contributed by atoms with Gasteiger partial charge in [0.1, 0.15) is 0 Å². The first-order valence-corrected chi connectivity index (χ1v) is 7.52. The summed E-state index contributed by atoms with van der Waals surface area (Å²) in [6, 6.07) is 18.6. The lowest BCUT2D eigenvalue weighted by atomic mass is 9.88. The standard InChI is InChI=1S/C19H20N2/c20-21-19(16-11-5-2-6-12-16)18-14-8-7-13-17(18)15-9-3-1-4-10-15/h2,5-9,11-14H,1,3-4,10,20H2/b21-19+. The topological polar surface area (TPSA) is 38.4 Å². The maximum Gasteiger partial charge on any atom is 0.0977 e. The minimum Gasteiger partial charge on any atom is -0.323 e. The molecule has 0 saturated heterocycles. The highest BCUT2D eigenvalue weighted by Crippen LogP contribution is 2.30. The Kier molecular flexibility index (Phi) is 4.15. The summed E-state index contributed by atoms with van der Waals surface area (Å²) < 4.78 is 0. The van der Waals surface area contributed by atoms with Crippen molar-refractivity contribution >= 4 is 11.3 Å². The summed E-state index contributed by atoms with van der Waals surface area (Å²) in [5.41, 5.74) is 5.74. The smallest absolute Gasteiger partial charge is 0.0977 e. The van der Waals surface area contributed by atoms with Crippen LogP contribution in [0.1, 0.15) is 42.4 Å². The van der Waals surface area contributed by atoms with Gasteiger partial charge in [-0.3, -0.25) is 0 Å². The summed E-state index contributed by atoms with van der Waals surface area (Å²) in [7, 11) is 0. The van der Waals surface area contributed by atoms with E-state index in [2.05, 4.69) is 47.6 Å². The van der Waals surface area contributed by atoms with Crippen molar-refractivity contribution < 1.29 is 0 Å². The van der Waals surface area contributed by atoms with Crippen LogP contribution in [0, 0.1) is 0 Å². The minimum absolute atomic E-state index is 0.859. The molecule has 0 amide bonds. The van der Waals surface area contributed by atoms with Crippen LogP contribution in [0.3, 0.4) is 0 Å². The van der Waals surface area contributed by atoms with E-state index in [1.165, 1.54) is 30.4 Å². The summed E-state index contributed by atoms with van der Waals surface area (Å²) in [6.45, 7) is 0. The number of rotatable bonds is 3. The van der Waals surface area contributed by atoms with E-state index in [9.17, 15) is 0 Å². The zero-order chi connectivity index (χ0) is 14.5. The molecule has 2 nitrogen and oxygen atoms in total. The third-order valence-electron chi connectivity index (χ3n) is 4.00. The van der Waals surface area contributed by atoms with Crippen LogP contribution in [0.2, 0.25) is 0 Å². The Morgan fingerprint density at radius 3 is 2.38 bits per heavy atom. The molecule has 0 saturated carbocycles. The van der Waals surface area contributed by atoms with Gasteiger partial charge in [-0.2, -0.15) is 5.10 Å². The predicted molar refractivity (Wildman–Crippen MR) is 89.2 cm³/mol. The number of hydrogen-bond donors (Lipinski definition) is 1. The van der Waals surface area contributed by atoms with E-state index < -0.39 is 0 Å². The molecule has 3 rings (SSSR count). The number of allylic oxidation sites excluding steroid dienone is 2. The zero-order valence-electron chi connectivity index (χ0n) is 12.1. The SMILES string of the molecule is N/N=C(\c1ccccc1)c1ccccc1C1=CCCCC1. The average molecular weight is 276 g/mol. The maximum absolute atomic E-state index is 5.70. The van der Waals surface area contributed by atoms with E-state index in [1.54, 1.807) is 0 Å². The van der Waals surface area contributed by atoms with Gasteiger partial charge in [-0.15, -0.1) is 0 Å². The summed E-state index contributed by atoms with van der Waals surface area (Å²) in [5.74, 6) is 5.70. The van der Waals surface area contributed by atoms with Gasteiger partial charge < -0.3 is 5.84 Å². The Bertz CT molecular complexity index is 669. The van der Waals surface area contributed by atoms with Gasteiger partial charge >= 0.3 is 0 Å². The Morgan fingerprint density at radius 1 is 0.905 bits per heavy atom. The number of nitrogens with zero attached hydrogens (tertiary/aromatic N) is 1. The van der Waals surface area contributed by atoms with Gasteiger partial charge in [-0.05, 0) is 36.8 Å². The lowest BCUT2D eigenvalue weighted by Crippen LogP contribution is -2.09. The van der Waals surface area contributed by atoms with Gasteiger partial charge in [-0.25, -0.2) is 0 Å². The van der Waals surface area contributed by atoms with Crippen molar-refractivity contribution in [2.24, 2.45) is 10.9 Å². The second-order valence-corrected chi connectivity index (χ2v) is 5.36. The monoisotopic (exact) mass is 276 g/mol. The number of hydrazone groups is 1. The molecule has 106 valence electrons. The van der Waals surface area contributed by atoms with Crippen molar-refractivity contribution in [2.45, 2.75) is 25.7 Å². The van der Waals surface area contributed by atoms with Crippen LogP contribution in [0.15, 0.2) is 65.8 Å². The second kappa shape index (κ2) is 6.40. The van der Waals surface area contributed by atoms with Crippen LogP contribution in [0.5, 0.6) is 0 Å². The molecule has 0 heterocycles. The highest BCUT2D eigenvalue weighted by molar-refractivity contribution is 6.15. The fourth-order valence-corrected chi connectivity index (χ4v) is 2.95. The van der Waals surface area contributed by atoms with Gasteiger partial charge in [0.2, 0.25) is 0 Å². The number of benzene rings is 2. The van der Waals surface area contributed by atoms with Gasteiger partial charge in [0, 0.05) is 11.1 Å². The van der Waals surface area contributed by atoms with Gasteiger partial charge in [-0.1, -0.05) is 60.7 Å². The molecule has 1 aliphatic rings. The molecule has 0 fully saturated rings. The number of nitrogens with two attached hydrogens (primary N) is 1. The Balaban J connectivity index is 2.08. The fraction of sp³-hybridized carbons (Fsp3) is 0.211. The minimum atomic E-state index is 0.859. The molecule has 2 heteroatoms. The fourth-order valence-electron chi connectivity index (χ4n) is 2.95. The third kappa shape index (κ3) is 2.89. The lowest BCUT2D eigenvalue weighted by Gasteiger charge is -2.17. The van der Waals surface area contributed by atoms with Gasteiger partial charge in [0.15, 0.2) is 0 Å². The van der Waals surface area contributed by atoms with Gasteiger partial charge in [0.05, 0.1) is 5.71 Å². The van der Waals surface area contributed by atoms with Crippen LogP contribution in [0.25, 0.3) is 5.57 Å². The van der Waals surface area contributed by atoms with Crippen LogP contribution >= 0.6 is 0 Å². The second-order valence-electron chi connectivity index (χ2n) is 5.36. The van der Waals surface area contributed by atoms with Crippen molar-refractivity contribution in [2.75, 3.05) is 0 Å². The Hall–Kier alpha value is -2.35. The maximum atomic E-state index is 5.70. The molecule has 0 spiro atoms. The number of hydrogen-bond acceptors (Lipinski definition) is 2. The Labute approximate surface area is 126 Å². The molecular formula is C19H20N2. The molecule has 0 aliphatic heterocycles. The average Bonchev–Trinajstić information content (AvgIpc) is 2.58. The van der Waals surface area contributed by atoms with Gasteiger partial charge in [0.25, 0.3) is 0 Å². The quantitative estimate of drug-likeness (QED) is 0.505. The first kappa shape index (κ1) is 13.6. The molecule has 2 aromatic rings. The molecule has 0 bridgehead atoms. The van der Waals surface area contributed by atoms with Crippen molar-refractivity contribution in [3.05, 3.63) is 77.4 Å². The lowest BCUT2D eigenvalue weighted by molar-refractivity contribution is 0.742. The normalized spacial score (nSPS) is 15.6. The van der Waals surface area contributed by atoms with Crippen molar-refractivity contribution in [1.82, 2.24) is 0 Å². The third-order valence-corrected chi connectivity index (χ3v) is 4.00. The highest BCUT2D eigenvalue weighted by atomic mass is 15.1. The molecule has 1 aliphatic carbocycles. The molecule has 0 aromatic heterocycles. The molecule has 0 atom stereocenters. The Morgan fingerprint density at radius 2 is 1.67 bits per heavy atom. The molecule has 0 radical (unpaired) electrons. The van der Waals surface area contributed by atoms with Crippen molar-refractivity contribution in [3.63, 3.8) is 0 Å².